The Morgan fingerprint density at radius 3 is 2.48 bits per heavy atom. The van der Waals surface area contributed by atoms with E-state index in [0.717, 1.165) is 38.0 Å². The van der Waals surface area contributed by atoms with Crippen molar-refractivity contribution >= 4 is 20.7 Å². The van der Waals surface area contributed by atoms with Gasteiger partial charge >= 0.3 is 0 Å². The van der Waals surface area contributed by atoms with E-state index in [1.165, 1.54) is 5.56 Å². The van der Waals surface area contributed by atoms with E-state index in [4.69, 9.17) is 0 Å². The van der Waals surface area contributed by atoms with Crippen molar-refractivity contribution < 1.29 is 8.42 Å². The number of aromatic nitrogens is 2. The molecule has 0 spiro atoms. The summed E-state index contributed by atoms with van der Waals surface area (Å²) in [5, 5.41) is 0.689. The number of pyridine rings is 1. The predicted molar refractivity (Wildman–Crippen MR) is 122 cm³/mol. The van der Waals surface area contributed by atoms with Gasteiger partial charge in [0, 0.05) is 49.7 Å². The summed E-state index contributed by atoms with van der Waals surface area (Å²) in [4.78, 5) is 7.33. The summed E-state index contributed by atoms with van der Waals surface area (Å²) in [5.41, 5.74) is 2.28. The molecule has 3 heterocycles. The summed E-state index contributed by atoms with van der Waals surface area (Å²) >= 11 is 0. The topological polar surface area (TPSA) is 55.2 Å². The summed E-state index contributed by atoms with van der Waals surface area (Å²) in [6.45, 7) is 2.95. The van der Waals surface area contributed by atoms with Gasteiger partial charge in [0.15, 0.2) is 0 Å². The minimum atomic E-state index is -3.61. The molecule has 1 unspecified atom stereocenters. The van der Waals surface area contributed by atoms with Crippen molar-refractivity contribution in [3.8, 4) is 0 Å². The lowest BCUT2D eigenvalue weighted by atomic mass is 10.1. The third-order valence-corrected chi connectivity index (χ3v) is 7.94. The van der Waals surface area contributed by atoms with Crippen molar-refractivity contribution in [1.29, 1.82) is 0 Å². The molecule has 2 aromatic carbocycles. The first-order chi connectivity index (χ1) is 15.1. The van der Waals surface area contributed by atoms with Gasteiger partial charge in [-0.25, -0.2) is 8.42 Å². The summed E-state index contributed by atoms with van der Waals surface area (Å²) in [6.07, 6.45) is 7.26. The minimum absolute atomic E-state index is 0.250. The SMILES string of the molecule is O=S(=O)(c1ccccc1)c1cn(C2CCN(CCc3ccccc3)C2)c2ccncc12. The van der Waals surface area contributed by atoms with Crippen LogP contribution >= 0.6 is 0 Å². The van der Waals surface area contributed by atoms with Crippen LogP contribution in [0.15, 0.2) is 95.1 Å². The van der Waals surface area contributed by atoms with E-state index in [2.05, 4.69) is 38.7 Å². The number of fused-ring (bicyclic) bond motifs is 1. The molecule has 5 nitrogen and oxygen atoms in total. The number of benzene rings is 2. The molecule has 0 aliphatic carbocycles. The van der Waals surface area contributed by atoms with Gasteiger partial charge in [-0.15, -0.1) is 0 Å². The minimum Gasteiger partial charge on any atom is -0.342 e. The Balaban J connectivity index is 1.42. The van der Waals surface area contributed by atoms with Crippen LogP contribution in [0, 0.1) is 0 Å². The van der Waals surface area contributed by atoms with Gasteiger partial charge in [-0.1, -0.05) is 48.5 Å². The third-order valence-electron chi connectivity index (χ3n) is 6.14. The fourth-order valence-corrected chi connectivity index (χ4v) is 5.95. The molecule has 0 radical (unpaired) electrons. The van der Waals surface area contributed by atoms with Gasteiger partial charge in [0.2, 0.25) is 9.84 Å². The highest BCUT2D eigenvalue weighted by Gasteiger charge is 2.29. The van der Waals surface area contributed by atoms with Crippen LogP contribution < -0.4 is 0 Å². The number of rotatable bonds is 6. The van der Waals surface area contributed by atoms with Crippen LogP contribution in [0.4, 0.5) is 0 Å². The van der Waals surface area contributed by atoms with Gasteiger partial charge in [-0.05, 0) is 36.6 Å². The van der Waals surface area contributed by atoms with Gasteiger partial charge < -0.3 is 9.47 Å². The Morgan fingerprint density at radius 1 is 0.968 bits per heavy atom. The highest BCUT2D eigenvalue weighted by Crippen LogP contribution is 2.34. The smallest absolute Gasteiger partial charge is 0.208 e. The van der Waals surface area contributed by atoms with E-state index >= 15 is 0 Å². The molecule has 158 valence electrons. The molecule has 1 fully saturated rings. The van der Waals surface area contributed by atoms with Gasteiger partial charge in [0.25, 0.3) is 0 Å². The first-order valence-electron chi connectivity index (χ1n) is 10.6. The quantitative estimate of drug-likeness (QED) is 0.455. The first kappa shape index (κ1) is 20.0. The molecule has 1 saturated heterocycles. The fourth-order valence-electron chi connectivity index (χ4n) is 4.48. The molecule has 0 N–H and O–H groups in total. The van der Waals surface area contributed by atoms with Crippen LogP contribution in [0.25, 0.3) is 10.9 Å². The monoisotopic (exact) mass is 431 g/mol. The molecular weight excluding hydrogens is 406 g/mol. The van der Waals surface area contributed by atoms with Gasteiger partial charge in [0.05, 0.1) is 15.3 Å². The summed E-state index contributed by atoms with van der Waals surface area (Å²) in [6, 6.07) is 21.3. The van der Waals surface area contributed by atoms with Gasteiger partial charge in [0.1, 0.15) is 0 Å². The molecular formula is C25H25N3O2S. The van der Waals surface area contributed by atoms with Crippen molar-refractivity contribution in [2.24, 2.45) is 0 Å². The number of hydrogen-bond donors (Lipinski definition) is 0. The second-order valence-corrected chi connectivity index (χ2v) is 10.0. The van der Waals surface area contributed by atoms with Crippen LogP contribution in [0.5, 0.6) is 0 Å². The molecule has 1 aliphatic rings. The molecule has 2 aromatic heterocycles. The molecule has 1 atom stereocenters. The van der Waals surface area contributed by atoms with Crippen molar-refractivity contribution in [2.45, 2.75) is 28.7 Å². The lowest BCUT2D eigenvalue weighted by Crippen LogP contribution is -2.24. The highest BCUT2D eigenvalue weighted by atomic mass is 32.2. The molecule has 0 saturated carbocycles. The van der Waals surface area contributed by atoms with E-state index in [1.54, 1.807) is 36.7 Å². The Kier molecular flexibility index (Phi) is 5.34. The maximum Gasteiger partial charge on any atom is 0.208 e. The van der Waals surface area contributed by atoms with Gasteiger partial charge in [-0.3, -0.25) is 4.98 Å². The standard InChI is InChI=1S/C25H25N3O2S/c29-31(30,22-9-5-2-6-10-22)25-19-28(24-11-14-26-17-23(24)25)21-13-16-27(18-21)15-12-20-7-3-1-4-8-20/h1-11,14,17,19,21H,12-13,15-16,18H2. The highest BCUT2D eigenvalue weighted by molar-refractivity contribution is 7.91. The van der Waals surface area contributed by atoms with E-state index < -0.39 is 9.84 Å². The average molecular weight is 432 g/mol. The maximum absolute atomic E-state index is 13.3. The molecule has 4 aromatic rings. The van der Waals surface area contributed by atoms with Crippen LogP contribution in [0.2, 0.25) is 0 Å². The number of nitrogens with zero attached hydrogens (tertiary/aromatic N) is 3. The number of hydrogen-bond acceptors (Lipinski definition) is 4. The lowest BCUT2D eigenvalue weighted by molar-refractivity contribution is 0.329. The van der Waals surface area contributed by atoms with Gasteiger partial charge in [-0.2, -0.15) is 0 Å². The summed E-state index contributed by atoms with van der Waals surface area (Å²) < 4.78 is 28.8. The van der Waals surface area contributed by atoms with E-state index in [9.17, 15) is 8.42 Å². The largest absolute Gasteiger partial charge is 0.342 e. The van der Waals surface area contributed by atoms with Crippen molar-refractivity contribution in [3.63, 3.8) is 0 Å². The first-order valence-corrected chi connectivity index (χ1v) is 12.1. The zero-order chi connectivity index (χ0) is 21.3. The van der Waals surface area contributed by atoms with E-state index in [-0.39, 0.29) is 6.04 Å². The second-order valence-electron chi connectivity index (χ2n) is 8.09. The second kappa shape index (κ2) is 8.29. The Hall–Kier alpha value is -2.96. The number of likely N-dealkylation sites (tertiary alicyclic amines) is 1. The Morgan fingerprint density at radius 2 is 1.71 bits per heavy atom. The Labute approximate surface area is 182 Å². The normalized spacial score (nSPS) is 17.4. The summed E-state index contributed by atoms with van der Waals surface area (Å²) in [5.74, 6) is 0. The molecule has 5 rings (SSSR count). The predicted octanol–water partition coefficient (Wildman–Crippen LogP) is 4.36. The maximum atomic E-state index is 13.3. The Bertz CT molecular complexity index is 1280. The molecule has 6 heteroatoms. The molecule has 31 heavy (non-hydrogen) atoms. The number of sulfone groups is 1. The van der Waals surface area contributed by atoms with Crippen LogP contribution in [0.3, 0.4) is 0 Å². The zero-order valence-corrected chi connectivity index (χ0v) is 18.1. The van der Waals surface area contributed by atoms with E-state index in [0.29, 0.717) is 15.2 Å². The lowest BCUT2D eigenvalue weighted by Gasteiger charge is -2.17. The zero-order valence-electron chi connectivity index (χ0n) is 17.3. The molecule has 1 aliphatic heterocycles. The molecule has 0 amide bonds. The summed E-state index contributed by atoms with van der Waals surface area (Å²) in [7, 11) is -3.61. The van der Waals surface area contributed by atoms with Crippen molar-refractivity contribution in [1.82, 2.24) is 14.5 Å². The van der Waals surface area contributed by atoms with Crippen LogP contribution in [-0.4, -0.2) is 42.5 Å². The fraction of sp³-hybridized carbons (Fsp3) is 0.240. The van der Waals surface area contributed by atoms with Crippen LogP contribution in [-0.2, 0) is 16.3 Å². The third kappa shape index (κ3) is 3.89. The van der Waals surface area contributed by atoms with E-state index in [1.807, 2.05) is 24.4 Å². The van der Waals surface area contributed by atoms with Crippen molar-refractivity contribution in [3.05, 3.63) is 90.9 Å². The molecule has 0 bridgehead atoms. The van der Waals surface area contributed by atoms with Crippen molar-refractivity contribution in [2.75, 3.05) is 19.6 Å². The van der Waals surface area contributed by atoms with Crippen LogP contribution in [0.1, 0.15) is 18.0 Å². The average Bonchev–Trinajstić information content (AvgIpc) is 3.44.